The summed E-state index contributed by atoms with van der Waals surface area (Å²) in [5.74, 6) is 0. The first-order valence-corrected chi connectivity index (χ1v) is 6.39. The Balaban J connectivity index is 2.55. The summed E-state index contributed by atoms with van der Waals surface area (Å²) in [6.45, 7) is 6.46. The second-order valence-electron chi connectivity index (χ2n) is 5.19. The van der Waals surface area contributed by atoms with E-state index in [0.717, 1.165) is 17.6 Å². The van der Waals surface area contributed by atoms with Crippen molar-refractivity contribution in [2.45, 2.75) is 27.2 Å². The fourth-order valence-corrected chi connectivity index (χ4v) is 2.69. The Morgan fingerprint density at radius 3 is 2.56 bits per heavy atom. The molecule has 1 nitrogen and oxygen atoms in total. The molecule has 0 bridgehead atoms. The van der Waals surface area contributed by atoms with Gasteiger partial charge in [-0.1, -0.05) is 41.5 Å². The molecule has 90 valence electrons. The summed E-state index contributed by atoms with van der Waals surface area (Å²) >= 11 is 0. The quantitative estimate of drug-likeness (QED) is 0.684. The van der Waals surface area contributed by atoms with Gasteiger partial charge < -0.3 is 0 Å². The van der Waals surface area contributed by atoms with E-state index in [1.165, 1.54) is 27.0 Å². The lowest BCUT2D eigenvalue weighted by molar-refractivity contribution is 1.20. The second kappa shape index (κ2) is 4.09. The van der Waals surface area contributed by atoms with E-state index in [-0.39, 0.29) is 0 Å². The minimum Gasteiger partial charge on any atom is -0.252 e. The van der Waals surface area contributed by atoms with E-state index in [9.17, 15) is 0 Å². The molecule has 0 spiro atoms. The van der Waals surface area contributed by atoms with E-state index in [4.69, 9.17) is 4.98 Å². The van der Waals surface area contributed by atoms with Crippen LogP contribution in [0.2, 0.25) is 0 Å². The molecular formula is C17H17N. The number of hydrogen-bond donors (Lipinski definition) is 0. The zero-order valence-electron chi connectivity index (χ0n) is 11.1. The molecule has 1 aromatic carbocycles. The maximum absolute atomic E-state index is 4.74. The fourth-order valence-electron chi connectivity index (χ4n) is 2.69. The number of benzene rings is 1. The molecule has 0 unspecified atom stereocenters. The van der Waals surface area contributed by atoms with Crippen LogP contribution in [0, 0.1) is 6.92 Å². The van der Waals surface area contributed by atoms with E-state index in [2.05, 4.69) is 57.2 Å². The fraction of sp³-hybridized carbons (Fsp3) is 0.235. The summed E-state index contributed by atoms with van der Waals surface area (Å²) < 4.78 is 0. The third-order valence-corrected chi connectivity index (χ3v) is 3.55. The van der Waals surface area contributed by atoms with Crippen LogP contribution in [0.4, 0.5) is 0 Å². The van der Waals surface area contributed by atoms with E-state index >= 15 is 0 Å². The Hall–Kier alpha value is -1.89. The minimum absolute atomic E-state index is 1.04. The molecule has 0 amide bonds. The number of pyridine rings is 1. The summed E-state index contributed by atoms with van der Waals surface area (Å²) in [6.07, 6.45) is 5.47. The molecule has 0 fully saturated rings. The third kappa shape index (κ3) is 1.76. The highest BCUT2D eigenvalue weighted by molar-refractivity contribution is 5.82. The van der Waals surface area contributed by atoms with E-state index < -0.39 is 0 Å². The highest BCUT2D eigenvalue weighted by Crippen LogP contribution is 2.14. The molecule has 0 N–H and O–H groups in total. The van der Waals surface area contributed by atoms with Gasteiger partial charge in [-0.15, -0.1) is 0 Å². The van der Waals surface area contributed by atoms with Crippen LogP contribution in [0.3, 0.4) is 0 Å². The maximum atomic E-state index is 4.74. The number of rotatable bonds is 0. The minimum atomic E-state index is 1.04. The molecule has 18 heavy (non-hydrogen) atoms. The zero-order chi connectivity index (χ0) is 12.7. The molecule has 3 rings (SSSR count). The van der Waals surface area contributed by atoms with Crippen molar-refractivity contribution in [2.24, 2.45) is 0 Å². The normalized spacial score (nSPS) is 14.8. The lowest BCUT2D eigenvalue weighted by Gasteiger charge is -2.04. The van der Waals surface area contributed by atoms with Gasteiger partial charge in [-0.05, 0) is 38.5 Å². The van der Waals surface area contributed by atoms with Crippen LogP contribution in [0.5, 0.6) is 0 Å². The number of aryl methyl sites for hydroxylation is 1. The van der Waals surface area contributed by atoms with Gasteiger partial charge in [0.25, 0.3) is 0 Å². The van der Waals surface area contributed by atoms with Crippen molar-refractivity contribution in [3.8, 4) is 0 Å². The highest BCUT2D eigenvalue weighted by atomic mass is 14.7. The van der Waals surface area contributed by atoms with Crippen molar-refractivity contribution in [2.75, 3.05) is 0 Å². The largest absolute Gasteiger partial charge is 0.252 e. The molecule has 0 saturated carbocycles. The molecule has 1 heteroatoms. The van der Waals surface area contributed by atoms with Crippen molar-refractivity contribution in [3.05, 3.63) is 52.0 Å². The van der Waals surface area contributed by atoms with E-state index in [1.807, 2.05) is 0 Å². The summed E-state index contributed by atoms with van der Waals surface area (Å²) in [4.78, 5) is 4.74. The Morgan fingerprint density at radius 2 is 1.72 bits per heavy atom. The smallest absolute Gasteiger partial charge is 0.0783 e. The van der Waals surface area contributed by atoms with Crippen LogP contribution in [-0.2, 0) is 0 Å². The SMILES string of the molecule is CC1=CC=c2ccc3ccc(C)nc3c2=C(C)C1. The predicted molar refractivity (Wildman–Crippen MR) is 77.7 cm³/mol. The Bertz CT molecular complexity index is 779. The Morgan fingerprint density at radius 1 is 0.944 bits per heavy atom. The lowest BCUT2D eigenvalue weighted by atomic mass is 10.0. The lowest BCUT2D eigenvalue weighted by Crippen LogP contribution is -2.27. The van der Waals surface area contributed by atoms with E-state index in [0.29, 0.717) is 0 Å². The number of aromatic nitrogens is 1. The molecule has 1 aromatic heterocycles. The number of fused-ring (bicyclic) bond motifs is 3. The Kier molecular flexibility index (Phi) is 2.55. The van der Waals surface area contributed by atoms with Crippen molar-refractivity contribution in [1.29, 1.82) is 0 Å². The van der Waals surface area contributed by atoms with Gasteiger partial charge in [0.1, 0.15) is 0 Å². The maximum Gasteiger partial charge on any atom is 0.0783 e. The molecule has 1 heterocycles. The van der Waals surface area contributed by atoms with Crippen molar-refractivity contribution < 1.29 is 0 Å². The molecule has 0 radical (unpaired) electrons. The van der Waals surface area contributed by atoms with Crippen molar-refractivity contribution in [3.63, 3.8) is 0 Å². The molecule has 1 aliphatic carbocycles. The molecular weight excluding hydrogens is 218 g/mol. The van der Waals surface area contributed by atoms with E-state index in [1.54, 1.807) is 0 Å². The first-order chi connectivity index (χ1) is 8.65. The van der Waals surface area contributed by atoms with Crippen LogP contribution < -0.4 is 10.4 Å². The average Bonchev–Trinajstić information content (AvgIpc) is 2.48. The molecule has 0 atom stereocenters. The summed E-state index contributed by atoms with van der Waals surface area (Å²) in [5.41, 5.74) is 5.04. The van der Waals surface area contributed by atoms with Gasteiger partial charge in [-0.3, -0.25) is 4.98 Å². The van der Waals surface area contributed by atoms with Gasteiger partial charge in [0.15, 0.2) is 0 Å². The van der Waals surface area contributed by atoms with Gasteiger partial charge in [0, 0.05) is 16.3 Å². The van der Waals surface area contributed by atoms with Crippen LogP contribution in [-0.4, -0.2) is 4.98 Å². The van der Waals surface area contributed by atoms with Crippen LogP contribution in [0.1, 0.15) is 26.0 Å². The monoisotopic (exact) mass is 235 g/mol. The molecule has 2 aromatic rings. The Labute approximate surface area is 107 Å². The molecule has 0 aliphatic heterocycles. The topological polar surface area (TPSA) is 12.9 Å². The predicted octanol–water partition coefficient (Wildman–Crippen LogP) is 2.84. The van der Waals surface area contributed by atoms with Crippen molar-refractivity contribution >= 4 is 22.6 Å². The number of allylic oxidation sites excluding steroid dienone is 2. The van der Waals surface area contributed by atoms with Gasteiger partial charge >= 0.3 is 0 Å². The van der Waals surface area contributed by atoms with Crippen LogP contribution in [0.25, 0.3) is 22.6 Å². The summed E-state index contributed by atoms with van der Waals surface area (Å²) in [7, 11) is 0. The standard InChI is InChI=1S/C17H17N/c1-11-4-6-14-8-9-15-7-5-13(3)18-17(15)16(14)12(2)10-11/h4-9H,10H2,1-3H3. The van der Waals surface area contributed by atoms with Gasteiger partial charge in [-0.25, -0.2) is 0 Å². The first kappa shape index (κ1) is 11.2. The highest BCUT2D eigenvalue weighted by Gasteiger charge is 2.05. The zero-order valence-corrected chi connectivity index (χ0v) is 11.1. The third-order valence-electron chi connectivity index (χ3n) is 3.55. The van der Waals surface area contributed by atoms with Crippen molar-refractivity contribution in [1.82, 2.24) is 4.98 Å². The van der Waals surface area contributed by atoms with Crippen LogP contribution >= 0.6 is 0 Å². The second-order valence-corrected chi connectivity index (χ2v) is 5.19. The number of nitrogens with zero attached hydrogens (tertiary/aromatic N) is 1. The van der Waals surface area contributed by atoms with Crippen LogP contribution in [0.15, 0.2) is 35.9 Å². The van der Waals surface area contributed by atoms with Gasteiger partial charge in [0.2, 0.25) is 0 Å². The molecule has 0 saturated heterocycles. The van der Waals surface area contributed by atoms with Gasteiger partial charge in [0.05, 0.1) is 5.52 Å². The summed E-state index contributed by atoms with van der Waals surface area (Å²) in [6, 6.07) is 8.61. The van der Waals surface area contributed by atoms with Gasteiger partial charge in [-0.2, -0.15) is 0 Å². The molecule has 1 aliphatic rings. The number of hydrogen-bond acceptors (Lipinski definition) is 1. The first-order valence-electron chi connectivity index (χ1n) is 6.39. The average molecular weight is 235 g/mol. The summed E-state index contributed by atoms with van der Waals surface area (Å²) in [5, 5.41) is 3.84.